The third kappa shape index (κ3) is 5.79. The number of nitrogens with zero attached hydrogens (tertiary/aromatic N) is 2. The molecule has 2 amide bonds. The van der Waals surface area contributed by atoms with Gasteiger partial charge in [-0.05, 0) is 60.5 Å². The van der Waals surface area contributed by atoms with Crippen molar-refractivity contribution in [2.24, 2.45) is 0 Å². The van der Waals surface area contributed by atoms with Crippen LogP contribution in [0, 0.1) is 6.92 Å². The molecule has 6 nitrogen and oxygen atoms in total. The molecule has 1 atom stereocenters. The number of amides is 2. The Bertz CT molecular complexity index is 917. The lowest BCUT2D eigenvalue weighted by molar-refractivity contribution is -0.144. The quantitative estimate of drug-likeness (QED) is 0.560. The Labute approximate surface area is 192 Å². The molecular weight excluding hydrogens is 436 g/mol. The second-order valence-corrected chi connectivity index (χ2v) is 9.03. The van der Waals surface area contributed by atoms with Crippen LogP contribution >= 0.6 is 22.9 Å². The highest BCUT2D eigenvalue weighted by molar-refractivity contribution is 7.10. The zero-order valence-electron chi connectivity index (χ0n) is 18.2. The zero-order chi connectivity index (χ0) is 22.4. The third-order valence-electron chi connectivity index (χ3n) is 5.39. The van der Waals surface area contributed by atoms with Crippen molar-refractivity contribution in [2.45, 2.75) is 32.7 Å². The van der Waals surface area contributed by atoms with Crippen molar-refractivity contribution >= 4 is 34.8 Å². The molecule has 0 fully saturated rings. The number of methoxy groups -OCH3 is 1. The number of hydrogen-bond donors (Lipinski definition) is 0. The molecule has 2 aromatic rings. The molecule has 0 N–H and O–H groups in total. The van der Waals surface area contributed by atoms with Crippen molar-refractivity contribution in [2.75, 3.05) is 40.0 Å². The van der Waals surface area contributed by atoms with Crippen LogP contribution in [0.25, 0.3) is 0 Å². The van der Waals surface area contributed by atoms with Gasteiger partial charge in [0, 0.05) is 30.1 Å². The van der Waals surface area contributed by atoms with Crippen molar-refractivity contribution in [3.05, 3.63) is 50.7 Å². The number of halogens is 1. The second kappa shape index (κ2) is 11.0. The van der Waals surface area contributed by atoms with Crippen LogP contribution in [0.3, 0.4) is 0 Å². The van der Waals surface area contributed by atoms with Crippen LogP contribution in [-0.4, -0.2) is 61.6 Å². The van der Waals surface area contributed by atoms with E-state index in [9.17, 15) is 9.59 Å². The van der Waals surface area contributed by atoms with Crippen LogP contribution in [0.4, 0.5) is 0 Å². The summed E-state index contributed by atoms with van der Waals surface area (Å²) >= 11 is 7.83. The average Bonchev–Trinajstić information content (AvgIpc) is 3.23. The molecule has 0 saturated carbocycles. The average molecular weight is 465 g/mol. The van der Waals surface area contributed by atoms with Crippen LogP contribution in [0.1, 0.15) is 35.4 Å². The Morgan fingerprint density at radius 2 is 2.13 bits per heavy atom. The van der Waals surface area contributed by atoms with E-state index >= 15 is 0 Å². The topological polar surface area (TPSA) is 59.1 Å². The van der Waals surface area contributed by atoms with Crippen molar-refractivity contribution in [3.63, 3.8) is 0 Å². The molecule has 8 heteroatoms. The van der Waals surface area contributed by atoms with E-state index in [4.69, 9.17) is 21.1 Å². The third-order valence-corrected chi connectivity index (χ3v) is 6.81. The van der Waals surface area contributed by atoms with Gasteiger partial charge in [0.15, 0.2) is 0 Å². The van der Waals surface area contributed by atoms with E-state index in [-0.39, 0.29) is 31.0 Å². The van der Waals surface area contributed by atoms with Crippen molar-refractivity contribution < 1.29 is 19.1 Å². The zero-order valence-corrected chi connectivity index (χ0v) is 19.8. The Morgan fingerprint density at radius 3 is 2.84 bits per heavy atom. The number of thiophene rings is 1. The SMILES string of the molecule is CCCN(CC(=O)N1CCc2sccc2C1COc1ccc(Cl)c(C)c1)C(=O)COC. The highest BCUT2D eigenvalue weighted by atomic mass is 35.5. The van der Waals surface area contributed by atoms with Gasteiger partial charge in [-0.2, -0.15) is 0 Å². The summed E-state index contributed by atoms with van der Waals surface area (Å²) in [5.41, 5.74) is 2.07. The number of hydrogen-bond acceptors (Lipinski definition) is 5. The summed E-state index contributed by atoms with van der Waals surface area (Å²) in [5.74, 6) is 0.477. The summed E-state index contributed by atoms with van der Waals surface area (Å²) in [7, 11) is 1.48. The predicted octanol–water partition coefficient (Wildman–Crippen LogP) is 4.10. The fraction of sp³-hybridized carbons (Fsp3) is 0.478. The molecule has 0 spiro atoms. The van der Waals surface area contributed by atoms with Crippen molar-refractivity contribution in [1.82, 2.24) is 9.80 Å². The molecule has 1 aromatic carbocycles. The first-order valence-electron chi connectivity index (χ1n) is 10.5. The summed E-state index contributed by atoms with van der Waals surface area (Å²) in [6.45, 7) is 5.42. The molecule has 31 heavy (non-hydrogen) atoms. The van der Waals surface area contributed by atoms with Gasteiger partial charge in [-0.25, -0.2) is 0 Å². The largest absolute Gasteiger partial charge is 0.491 e. The monoisotopic (exact) mass is 464 g/mol. The van der Waals surface area contributed by atoms with Gasteiger partial charge in [0.05, 0.1) is 12.6 Å². The molecule has 1 aliphatic heterocycles. The van der Waals surface area contributed by atoms with Gasteiger partial charge in [0.2, 0.25) is 11.8 Å². The number of rotatable bonds is 9. The van der Waals surface area contributed by atoms with Crippen molar-refractivity contribution in [3.8, 4) is 5.75 Å². The van der Waals surface area contributed by atoms with Gasteiger partial charge in [0.1, 0.15) is 19.0 Å². The van der Waals surface area contributed by atoms with Crippen molar-refractivity contribution in [1.29, 1.82) is 0 Å². The molecule has 2 heterocycles. The van der Waals surface area contributed by atoms with E-state index in [1.807, 2.05) is 36.9 Å². The van der Waals surface area contributed by atoms with E-state index in [2.05, 4.69) is 11.4 Å². The lowest BCUT2D eigenvalue weighted by Crippen LogP contribution is -2.48. The standard InChI is InChI=1S/C23H29ClN2O4S/c1-4-9-25(23(28)15-29-3)13-22(27)26-10-7-21-18(8-11-31-21)20(26)14-30-17-5-6-19(24)16(2)12-17/h5-6,8,11-12,20H,4,7,9-10,13-15H2,1-3H3. The second-order valence-electron chi connectivity index (χ2n) is 7.62. The molecule has 168 valence electrons. The van der Waals surface area contributed by atoms with Gasteiger partial charge in [-0.15, -0.1) is 11.3 Å². The summed E-state index contributed by atoms with van der Waals surface area (Å²) in [4.78, 5) is 30.3. The number of carbonyl (C=O) groups excluding carboxylic acids is 2. The van der Waals surface area contributed by atoms with Gasteiger partial charge in [0.25, 0.3) is 0 Å². The minimum absolute atomic E-state index is 0.0234. The Morgan fingerprint density at radius 1 is 1.32 bits per heavy atom. The molecule has 0 radical (unpaired) electrons. The summed E-state index contributed by atoms with van der Waals surface area (Å²) in [6.07, 6.45) is 1.59. The maximum absolute atomic E-state index is 13.3. The number of ether oxygens (including phenoxy) is 2. The summed E-state index contributed by atoms with van der Waals surface area (Å²) in [6, 6.07) is 7.43. The molecule has 0 aliphatic carbocycles. The maximum atomic E-state index is 13.3. The minimum atomic E-state index is -0.195. The number of carbonyl (C=O) groups is 2. The first-order valence-corrected chi connectivity index (χ1v) is 11.7. The number of fused-ring (bicyclic) bond motifs is 1. The fourth-order valence-corrected chi connectivity index (χ4v) is 4.83. The van der Waals surface area contributed by atoms with Crippen LogP contribution in [0.5, 0.6) is 5.75 Å². The lowest BCUT2D eigenvalue weighted by atomic mass is 10.0. The first-order chi connectivity index (χ1) is 14.9. The van der Waals surface area contributed by atoms with E-state index in [1.54, 1.807) is 16.2 Å². The van der Waals surface area contributed by atoms with E-state index < -0.39 is 0 Å². The molecule has 0 bridgehead atoms. The maximum Gasteiger partial charge on any atom is 0.249 e. The van der Waals surface area contributed by atoms with E-state index in [1.165, 1.54) is 12.0 Å². The highest BCUT2D eigenvalue weighted by Crippen LogP contribution is 2.34. The van der Waals surface area contributed by atoms with Gasteiger partial charge < -0.3 is 19.3 Å². The number of benzene rings is 1. The Hall–Kier alpha value is -2.09. The van der Waals surface area contributed by atoms with Gasteiger partial charge in [-0.3, -0.25) is 9.59 Å². The Kier molecular flexibility index (Phi) is 8.35. The van der Waals surface area contributed by atoms with E-state index in [0.717, 1.165) is 29.7 Å². The summed E-state index contributed by atoms with van der Waals surface area (Å²) < 4.78 is 11.1. The molecule has 1 aromatic heterocycles. The summed E-state index contributed by atoms with van der Waals surface area (Å²) in [5, 5.41) is 2.75. The smallest absolute Gasteiger partial charge is 0.249 e. The normalized spacial score (nSPS) is 15.5. The Balaban J connectivity index is 1.76. The molecular formula is C23H29ClN2O4S. The lowest BCUT2D eigenvalue weighted by Gasteiger charge is -2.37. The van der Waals surface area contributed by atoms with Crippen LogP contribution in [0.2, 0.25) is 5.02 Å². The molecule has 0 saturated heterocycles. The highest BCUT2D eigenvalue weighted by Gasteiger charge is 2.33. The van der Waals surface area contributed by atoms with E-state index in [0.29, 0.717) is 24.7 Å². The van der Waals surface area contributed by atoms with Gasteiger partial charge >= 0.3 is 0 Å². The molecule has 1 unspecified atom stereocenters. The fourth-order valence-electron chi connectivity index (χ4n) is 3.79. The van der Waals surface area contributed by atoms with Crippen LogP contribution in [-0.2, 0) is 20.7 Å². The molecule has 3 rings (SSSR count). The first kappa shape index (κ1) is 23.6. The van der Waals surface area contributed by atoms with Crippen LogP contribution in [0.15, 0.2) is 29.6 Å². The van der Waals surface area contributed by atoms with Gasteiger partial charge in [-0.1, -0.05) is 18.5 Å². The number of aryl methyl sites for hydroxylation is 1. The predicted molar refractivity (Wildman–Crippen MR) is 123 cm³/mol. The minimum Gasteiger partial charge on any atom is -0.491 e. The molecule has 1 aliphatic rings. The van der Waals surface area contributed by atoms with Crippen LogP contribution < -0.4 is 4.74 Å².